The molecule has 0 fully saturated rings. The molecule has 0 aliphatic rings. The normalized spacial score (nSPS) is 11.5. The van der Waals surface area contributed by atoms with Crippen LogP contribution in [0.3, 0.4) is 0 Å². The number of hydrogen-bond donors (Lipinski definition) is 1. The van der Waals surface area contributed by atoms with Gasteiger partial charge in [-0.3, -0.25) is 4.79 Å². The second-order valence-corrected chi connectivity index (χ2v) is 3.51. The van der Waals surface area contributed by atoms with E-state index in [4.69, 9.17) is 11.6 Å². The Morgan fingerprint density at radius 2 is 2.14 bits per heavy atom. The molecule has 0 aromatic heterocycles. The van der Waals surface area contributed by atoms with Gasteiger partial charge in [-0.25, -0.2) is 0 Å². The van der Waals surface area contributed by atoms with Crippen LogP contribution >= 0.6 is 11.6 Å². The summed E-state index contributed by atoms with van der Waals surface area (Å²) in [5, 5.41) is 10.1. The maximum Gasteiger partial charge on any atom is 0.156 e. The lowest BCUT2D eigenvalue weighted by Gasteiger charge is -2.02. The van der Waals surface area contributed by atoms with Crippen LogP contribution in [0, 0.1) is 6.92 Å². The zero-order chi connectivity index (χ0) is 10.7. The first-order valence-electron chi connectivity index (χ1n) is 4.18. The van der Waals surface area contributed by atoms with Crippen LogP contribution < -0.4 is 0 Å². The topological polar surface area (TPSA) is 37.3 Å². The maximum atomic E-state index is 10.7. The molecule has 2 nitrogen and oxygen atoms in total. The summed E-state index contributed by atoms with van der Waals surface area (Å²) in [6.45, 7) is 3.25. The lowest BCUT2D eigenvalue weighted by atomic mass is 10.1. The van der Waals surface area contributed by atoms with Crippen LogP contribution in [0.25, 0.3) is 5.76 Å². The van der Waals surface area contributed by atoms with E-state index in [0.717, 1.165) is 5.56 Å². The van der Waals surface area contributed by atoms with Gasteiger partial charge in [0.15, 0.2) is 5.78 Å². The first kappa shape index (κ1) is 10.8. The van der Waals surface area contributed by atoms with Crippen molar-refractivity contribution in [1.29, 1.82) is 0 Å². The van der Waals surface area contributed by atoms with Crippen molar-refractivity contribution in [2.24, 2.45) is 0 Å². The van der Waals surface area contributed by atoms with E-state index in [0.29, 0.717) is 10.6 Å². The van der Waals surface area contributed by atoms with Crippen LogP contribution in [-0.2, 0) is 4.79 Å². The van der Waals surface area contributed by atoms with Crippen molar-refractivity contribution in [2.75, 3.05) is 0 Å². The molecular weight excluding hydrogens is 200 g/mol. The summed E-state index contributed by atoms with van der Waals surface area (Å²) in [5.41, 5.74) is 1.49. The van der Waals surface area contributed by atoms with Crippen molar-refractivity contribution < 1.29 is 9.90 Å². The quantitative estimate of drug-likeness (QED) is 0.602. The fraction of sp³-hybridized carbons (Fsp3) is 0.182. The molecule has 14 heavy (non-hydrogen) atoms. The van der Waals surface area contributed by atoms with Crippen LogP contribution in [-0.4, -0.2) is 10.9 Å². The fourth-order valence-electron chi connectivity index (χ4n) is 1.03. The third kappa shape index (κ3) is 2.60. The highest BCUT2D eigenvalue weighted by Crippen LogP contribution is 2.20. The van der Waals surface area contributed by atoms with E-state index in [1.54, 1.807) is 18.2 Å². The van der Waals surface area contributed by atoms with Gasteiger partial charge < -0.3 is 5.11 Å². The van der Waals surface area contributed by atoms with Gasteiger partial charge >= 0.3 is 0 Å². The molecule has 74 valence electrons. The summed E-state index contributed by atoms with van der Waals surface area (Å²) in [6.07, 6.45) is 1.17. The highest BCUT2D eigenvalue weighted by molar-refractivity contribution is 6.31. The Hall–Kier alpha value is -1.28. The minimum absolute atomic E-state index is 0.0561. The number of carbonyl (C=O) groups is 1. The summed E-state index contributed by atoms with van der Waals surface area (Å²) < 4.78 is 0. The predicted octanol–water partition coefficient (Wildman–Crippen LogP) is 3.14. The average molecular weight is 211 g/mol. The lowest BCUT2D eigenvalue weighted by Crippen LogP contribution is -1.89. The molecule has 0 radical (unpaired) electrons. The van der Waals surface area contributed by atoms with Crippen molar-refractivity contribution in [1.82, 2.24) is 0 Å². The SMILES string of the molecule is CC(=O)/C=C(\O)c1ccc(C)c(Cl)c1. The Morgan fingerprint density at radius 3 is 2.64 bits per heavy atom. The number of allylic oxidation sites excluding steroid dienone is 1. The Kier molecular flexibility index (Phi) is 3.31. The molecule has 0 amide bonds. The van der Waals surface area contributed by atoms with E-state index in [1.165, 1.54) is 13.0 Å². The molecule has 0 unspecified atom stereocenters. The third-order valence-electron chi connectivity index (χ3n) is 1.81. The van der Waals surface area contributed by atoms with Crippen molar-refractivity contribution >= 4 is 23.1 Å². The number of aryl methyl sites for hydroxylation is 1. The van der Waals surface area contributed by atoms with E-state index >= 15 is 0 Å². The second-order valence-electron chi connectivity index (χ2n) is 3.10. The molecule has 0 atom stereocenters. The number of aliphatic hydroxyl groups excluding tert-OH is 1. The first-order chi connectivity index (χ1) is 6.50. The molecule has 0 aliphatic heterocycles. The van der Waals surface area contributed by atoms with Crippen molar-refractivity contribution in [3.05, 3.63) is 40.4 Å². The van der Waals surface area contributed by atoms with E-state index < -0.39 is 0 Å². The van der Waals surface area contributed by atoms with Gasteiger partial charge in [-0.05, 0) is 25.5 Å². The fourth-order valence-corrected chi connectivity index (χ4v) is 1.21. The summed E-state index contributed by atoms with van der Waals surface area (Å²) in [6, 6.07) is 5.14. The van der Waals surface area contributed by atoms with Gasteiger partial charge in [-0.2, -0.15) is 0 Å². The van der Waals surface area contributed by atoms with Gasteiger partial charge in [0.25, 0.3) is 0 Å². The zero-order valence-electron chi connectivity index (χ0n) is 8.04. The van der Waals surface area contributed by atoms with Crippen LogP contribution in [0.15, 0.2) is 24.3 Å². The number of aliphatic hydroxyl groups is 1. The van der Waals surface area contributed by atoms with Crippen LogP contribution in [0.5, 0.6) is 0 Å². The van der Waals surface area contributed by atoms with E-state index in [-0.39, 0.29) is 11.5 Å². The molecule has 0 aliphatic carbocycles. The van der Waals surface area contributed by atoms with Gasteiger partial charge in [0.1, 0.15) is 5.76 Å². The number of carbonyl (C=O) groups excluding carboxylic acids is 1. The zero-order valence-corrected chi connectivity index (χ0v) is 8.80. The largest absolute Gasteiger partial charge is 0.507 e. The second kappa shape index (κ2) is 4.29. The molecule has 1 aromatic rings. The molecule has 1 N–H and O–H groups in total. The molecule has 0 saturated carbocycles. The number of benzene rings is 1. The van der Waals surface area contributed by atoms with Crippen LogP contribution in [0.1, 0.15) is 18.1 Å². The lowest BCUT2D eigenvalue weighted by molar-refractivity contribution is -0.112. The van der Waals surface area contributed by atoms with Crippen molar-refractivity contribution in [3.8, 4) is 0 Å². The highest BCUT2D eigenvalue weighted by Gasteiger charge is 2.02. The van der Waals surface area contributed by atoms with Crippen molar-refractivity contribution in [2.45, 2.75) is 13.8 Å². The predicted molar refractivity (Wildman–Crippen MR) is 57.5 cm³/mol. The summed E-state index contributed by atoms with van der Waals surface area (Å²) in [7, 11) is 0. The molecule has 0 saturated heterocycles. The Morgan fingerprint density at radius 1 is 1.50 bits per heavy atom. The van der Waals surface area contributed by atoms with Crippen molar-refractivity contribution in [3.63, 3.8) is 0 Å². The standard InChI is InChI=1S/C11H11ClO2/c1-7-3-4-9(6-10(7)12)11(14)5-8(2)13/h3-6,14H,1-2H3/b11-5-. The molecule has 3 heteroatoms. The molecule has 0 bridgehead atoms. The minimum atomic E-state index is -0.195. The number of rotatable bonds is 2. The Labute approximate surface area is 87.8 Å². The first-order valence-corrected chi connectivity index (χ1v) is 4.56. The van der Waals surface area contributed by atoms with E-state index in [2.05, 4.69) is 0 Å². The smallest absolute Gasteiger partial charge is 0.156 e. The molecule has 1 aromatic carbocycles. The number of halogens is 1. The monoisotopic (exact) mass is 210 g/mol. The van der Waals surface area contributed by atoms with Gasteiger partial charge in [-0.15, -0.1) is 0 Å². The van der Waals surface area contributed by atoms with Gasteiger partial charge in [-0.1, -0.05) is 23.7 Å². The van der Waals surface area contributed by atoms with Gasteiger partial charge in [0, 0.05) is 16.7 Å². The van der Waals surface area contributed by atoms with Crippen LogP contribution in [0.4, 0.5) is 0 Å². The molecule has 0 spiro atoms. The molecule has 0 heterocycles. The maximum absolute atomic E-state index is 10.7. The third-order valence-corrected chi connectivity index (χ3v) is 2.21. The van der Waals surface area contributed by atoms with E-state index in [9.17, 15) is 9.90 Å². The molecular formula is C11H11ClO2. The average Bonchev–Trinajstić information content (AvgIpc) is 2.08. The number of hydrogen-bond acceptors (Lipinski definition) is 2. The summed E-state index contributed by atoms with van der Waals surface area (Å²) in [5.74, 6) is -0.251. The van der Waals surface area contributed by atoms with E-state index in [1.807, 2.05) is 6.92 Å². The summed E-state index contributed by atoms with van der Waals surface area (Å²) >= 11 is 5.87. The Bertz CT molecular complexity index is 394. The van der Waals surface area contributed by atoms with Gasteiger partial charge in [0.2, 0.25) is 0 Å². The Balaban J connectivity index is 3.09. The van der Waals surface area contributed by atoms with Crippen LogP contribution in [0.2, 0.25) is 5.02 Å². The van der Waals surface area contributed by atoms with Gasteiger partial charge in [0.05, 0.1) is 0 Å². The summed E-state index contributed by atoms with van der Waals surface area (Å²) in [4.78, 5) is 10.7. The number of ketones is 1. The minimum Gasteiger partial charge on any atom is -0.507 e. The molecule has 1 rings (SSSR count). The highest BCUT2D eigenvalue weighted by atomic mass is 35.5.